The van der Waals surface area contributed by atoms with Crippen molar-refractivity contribution in [2.45, 2.75) is 51.9 Å². The van der Waals surface area contributed by atoms with Gasteiger partial charge in [0.1, 0.15) is 23.8 Å². The molecule has 2 aliphatic rings. The van der Waals surface area contributed by atoms with Gasteiger partial charge < -0.3 is 19.9 Å². The Balaban J connectivity index is 1.56. The Morgan fingerprint density at radius 3 is 2.41 bits per heavy atom. The molecule has 3 atom stereocenters. The Labute approximate surface area is 229 Å². The van der Waals surface area contributed by atoms with Crippen LogP contribution in [0.25, 0.3) is 0 Å². The number of carbonyl (C=O) groups excluding carboxylic acids is 3. The quantitative estimate of drug-likeness (QED) is 0.529. The summed E-state index contributed by atoms with van der Waals surface area (Å²) in [6, 6.07) is 12.7. The van der Waals surface area contributed by atoms with Crippen LogP contribution >= 0.6 is 0 Å². The van der Waals surface area contributed by atoms with E-state index in [4.69, 9.17) is 4.74 Å². The molecule has 4 amide bonds. The summed E-state index contributed by atoms with van der Waals surface area (Å²) in [6.45, 7) is 5.03. The van der Waals surface area contributed by atoms with Gasteiger partial charge in [0.25, 0.3) is 0 Å². The van der Waals surface area contributed by atoms with E-state index in [0.29, 0.717) is 19.4 Å². The van der Waals surface area contributed by atoms with Crippen molar-refractivity contribution in [3.63, 3.8) is 0 Å². The lowest BCUT2D eigenvalue weighted by Gasteiger charge is -2.54. The summed E-state index contributed by atoms with van der Waals surface area (Å²) in [5.74, 6) is 0.410. The van der Waals surface area contributed by atoms with Gasteiger partial charge in [-0.2, -0.15) is 0 Å². The monoisotopic (exact) mass is 539 g/mol. The second kappa shape index (κ2) is 12.5. The number of likely N-dealkylation sites (N-methyl/N-ethyl adjacent to an activating group) is 1. The summed E-state index contributed by atoms with van der Waals surface area (Å²) >= 11 is 0. The molecule has 10 heteroatoms. The number of hydrazine groups is 1. The SMILES string of the molecule is CCC(C)C[C@H]1C(=O)N(CCc2ccc(OC)cc2)CC2N1C(=O)CN(C)N2C(=O)NCc1ccc(F)cc1. The molecule has 2 heterocycles. The van der Waals surface area contributed by atoms with Crippen molar-refractivity contribution in [3.8, 4) is 5.75 Å². The standard InChI is InChI=1S/C29H38FN5O4/c1-5-20(2)16-25-28(37)33(15-14-21-8-12-24(39-4)13-9-21)18-26-34(25)27(36)19-32(3)35(26)29(38)31-17-22-6-10-23(30)11-7-22/h6-13,20,25-26H,5,14-19H2,1-4H3,(H,31,38)/t20?,25-,26?/m0/s1. The van der Waals surface area contributed by atoms with Crippen LogP contribution in [0.15, 0.2) is 48.5 Å². The van der Waals surface area contributed by atoms with E-state index in [2.05, 4.69) is 19.2 Å². The Bertz CT molecular complexity index is 1160. The third-order valence-corrected chi connectivity index (χ3v) is 7.66. The predicted octanol–water partition coefficient (Wildman–Crippen LogP) is 3.25. The lowest BCUT2D eigenvalue weighted by Crippen LogP contribution is -2.76. The average Bonchev–Trinajstić information content (AvgIpc) is 2.93. The number of fused-ring (bicyclic) bond motifs is 1. The fraction of sp³-hybridized carbons (Fsp3) is 0.483. The van der Waals surface area contributed by atoms with Crippen molar-refractivity contribution in [1.29, 1.82) is 0 Å². The first-order chi connectivity index (χ1) is 18.7. The Morgan fingerprint density at radius 2 is 1.77 bits per heavy atom. The molecule has 2 fully saturated rings. The van der Waals surface area contributed by atoms with Crippen LogP contribution in [0.3, 0.4) is 0 Å². The largest absolute Gasteiger partial charge is 0.497 e. The third-order valence-electron chi connectivity index (χ3n) is 7.66. The minimum Gasteiger partial charge on any atom is -0.497 e. The van der Waals surface area contributed by atoms with Crippen LogP contribution in [0.4, 0.5) is 9.18 Å². The summed E-state index contributed by atoms with van der Waals surface area (Å²) < 4.78 is 18.5. The van der Waals surface area contributed by atoms with E-state index in [1.807, 2.05) is 24.3 Å². The summed E-state index contributed by atoms with van der Waals surface area (Å²) in [6.07, 6.45) is 1.42. The van der Waals surface area contributed by atoms with Crippen LogP contribution in [0, 0.1) is 11.7 Å². The molecule has 4 rings (SSSR count). The second-order valence-electron chi connectivity index (χ2n) is 10.4. The Morgan fingerprint density at radius 1 is 1.10 bits per heavy atom. The summed E-state index contributed by atoms with van der Waals surface area (Å²) in [5.41, 5.74) is 1.82. The van der Waals surface area contributed by atoms with Crippen molar-refractivity contribution in [2.75, 3.05) is 33.8 Å². The third kappa shape index (κ3) is 6.50. The maximum atomic E-state index is 13.7. The highest BCUT2D eigenvalue weighted by Gasteiger charge is 2.50. The van der Waals surface area contributed by atoms with Gasteiger partial charge in [-0.15, -0.1) is 0 Å². The lowest BCUT2D eigenvalue weighted by atomic mass is 9.94. The molecule has 9 nitrogen and oxygen atoms in total. The number of nitrogens with one attached hydrogen (secondary N) is 1. The number of halogens is 1. The summed E-state index contributed by atoms with van der Waals surface area (Å²) in [7, 11) is 3.32. The Kier molecular flexibility index (Phi) is 9.06. The zero-order chi connectivity index (χ0) is 28.1. The van der Waals surface area contributed by atoms with Gasteiger partial charge >= 0.3 is 6.03 Å². The first-order valence-electron chi connectivity index (χ1n) is 13.5. The molecule has 2 saturated heterocycles. The number of carbonyl (C=O) groups is 3. The number of hydrogen-bond acceptors (Lipinski definition) is 5. The number of nitrogens with zero attached hydrogens (tertiary/aromatic N) is 4. The van der Waals surface area contributed by atoms with Crippen molar-refractivity contribution in [1.82, 2.24) is 25.1 Å². The predicted molar refractivity (Wildman–Crippen MR) is 145 cm³/mol. The molecule has 210 valence electrons. The molecule has 0 aromatic heterocycles. The molecule has 2 unspecified atom stereocenters. The molecule has 0 saturated carbocycles. The average molecular weight is 540 g/mol. The van der Waals surface area contributed by atoms with Gasteiger partial charge in [0.05, 0.1) is 20.2 Å². The molecule has 39 heavy (non-hydrogen) atoms. The number of methoxy groups -OCH3 is 1. The van der Waals surface area contributed by atoms with E-state index in [0.717, 1.165) is 23.3 Å². The molecular weight excluding hydrogens is 501 g/mol. The maximum absolute atomic E-state index is 13.7. The highest BCUT2D eigenvalue weighted by atomic mass is 19.1. The minimum absolute atomic E-state index is 0.00337. The molecule has 0 aliphatic carbocycles. The molecule has 2 aromatic rings. The normalized spacial score (nSPS) is 20.6. The molecular formula is C29H38FN5O4. The molecule has 0 radical (unpaired) electrons. The van der Waals surface area contributed by atoms with E-state index >= 15 is 0 Å². The van der Waals surface area contributed by atoms with Gasteiger partial charge in [0, 0.05) is 20.1 Å². The topological polar surface area (TPSA) is 85.4 Å². The van der Waals surface area contributed by atoms with E-state index in [-0.39, 0.29) is 49.2 Å². The maximum Gasteiger partial charge on any atom is 0.334 e. The first-order valence-corrected chi connectivity index (χ1v) is 13.5. The van der Waals surface area contributed by atoms with E-state index < -0.39 is 12.2 Å². The van der Waals surface area contributed by atoms with Crippen LogP contribution in [-0.2, 0) is 22.6 Å². The fourth-order valence-corrected chi connectivity index (χ4v) is 5.20. The van der Waals surface area contributed by atoms with Crippen molar-refractivity contribution >= 4 is 17.8 Å². The molecule has 1 N–H and O–H groups in total. The zero-order valence-electron chi connectivity index (χ0n) is 23.1. The van der Waals surface area contributed by atoms with Crippen LogP contribution in [0.1, 0.15) is 37.8 Å². The van der Waals surface area contributed by atoms with E-state index in [9.17, 15) is 18.8 Å². The molecule has 2 aliphatic heterocycles. The number of benzene rings is 2. The van der Waals surface area contributed by atoms with Gasteiger partial charge in [-0.05, 0) is 54.2 Å². The van der Waals surface area contributed by atoms with Gasteiger partial charge in [-0.25, -0.2) is 19.2 Å². The molecule has 0 spiro atoms. The highest BCUT2D eigenvalue weighted by molar-refractivity contribution is 5.91. The van der Waals surface area contributed by atoms with E-state index in [1.54, 1.807) is 46.1 Å². The van der Waals surface area contributed by atoms with Gasteiger partial charge in [-0.3, -0.25) is 9.59 Å². The van der Waals surface area contributed by atoms with Crippen LogP contribution in [0.5, 0.6) is 5.75 Å². The summed E-state index contributed by atoms with van der Waals surface area (Å²) in [4.78, 5) is 43.9. The van der Waals surface area contributed by atoms with Gasteiger partial charge in [0.2, 0.25) is 11.8 Å². The number of piperazine rings is 1. The van der Waals surface area contributed by atoms with Crippen LogP contribution in [0.2, 0.25) is 0 Å². The van der Waals surface area contributed by atoms with Crippen molar-refractivity contribution < 1.29 is 23.5 Å². The lowest BCUT2D eigenvalue weighted by molar-refractivity contribution is -0.188. The number of amides is 4. The smallest absolute Gasteiger partial charge is 0.334 e. The van der Waals surface area contributed by atoms with Gasteiger partial charge in [-0.1, -0.05) is 44.5 Å². The van der Waals surface area contributed by atoms with Crippen molar-refractivity contribution in [2.24, 2.45) is 5.92 Å². The zero-order valence-corrected chi connectivity index (χ0v) is 23.1. The van der Waals surface area contributed by atoms with E-state index in [1.165, 1.54) is 12.1 Å². The second-order valence-corrected chi connectivity index (χ2v) is 10.4. The van der Waals surface area contributed by atoms with Gasteiger partial charge in [0.15, 0.2) is 0 Å². The van der Waals surface area contributed by atoms with Crippen LogP contribution < -0.4 is 10.1 Å². The number of hydrogen-bond donors (Lipinski definition) is 1. The number of urea groups is 1. The number of rotatable bonds is 9. The molecule has 2 aromatic carbocycles. The summed E-state index contributed by atoms with van der Waals surface area (Å²) in [5, 5.41) is 6.05. The van der Waals surface area contributed by atoms with Crippen molar-refractivity contribution in [3.05, 3.63) is 65.5 Å². The minimum atomic E-state index is -0.636. The molecule has 0 bridgehead atoms. The number of ether oxygens (including phenoxy) is 1. The van der Waals surface area contributed by atoms with Crippen LogP contribution in [-0.4, -0.2) is 83.7 Å². The Hall–Kier alpha value is -3.66. The fourth-order valence-electron chi connectivity index (χ4n) is 5.20. The first kappa shape index (κ1) is 28.4. The highest BCUT2D eigenvalue weighted by Crippen LogP contribution is 2.29.